The average molecular weight is 253 g/mol. The molecule has 2 nitrogen and oxygen atoms in total. The quantitative estimate of drug-likeness (QED) is 0.909. The summed E-state index contributed by atoms with van der Waals surface area (Å²) in [5, 5.41) is 1.44. The summed E-state index contributed by atoms with van der Waals surface area (Å²) < 4.78 is 0. The molecule has 2 rings (SSSR count). The third-order valence-electron chi connectivity index (χ3n) is 2.46. The zero-order chi connectivity index (χ0) is 11.5. The Balaban J connectivity index is 2.02. The summed E-state index contributed by atoms with van der Waals surface area (Å²) in [4.78, 5) is 5.48. The maximum atomic E-state index is 5.83. The topological polar surface area (TPSA) is 38.9 Å². The van der Waals surface area contributed by atoms with E-state index in [0.29, 0.717) is 5.13 Å². The summed E-state index contributed by atoms with van der Waals surface area (Å²) in [5.41, 5.74) is 8.00. The predicted molar refractivity (Wildman–Crippen MR) is 70.1 cm³/mol. The average Bonchev–Trinajstić information content (AvgIpc) is 2.57. The lowest BCUT2D eigenvalue weighted by atomic mass is 10.1. The van der Waals surface area contributed by atoms with Crippen LogP contribution >= 0.6 is 22.9 Å². The van der Waals surface area contributed by atoms with Crippen LogP contribution in [0.4, 0.5) is 5.13 Å². The molecule has 0 saturated heterocycles. The minimum absolute atomic E-state index is 0.656. The molecule has 2 N–H and O–H groups in total. The number of aryl methyl sites for hydroxylation is 3. The fraction of sp³-hybridized carbons (Fsp3) is 0.250. The molecule has 0 aliphatic heterocycles. The molecule has 4 heteroatoms. The van der Waals surface area contributed by atoms with Crippen LogP contribution in [0.3, 0.4) is 0 Å². The van der Waals surface area contributed by atoms with Crippen molar-refractivity contribution in [3.63, 3.8) is 0 Å². The van der Waals surface area contributed by atoms with Gasteiger partial charge < -0.3 is 5.73 Å². The van der Waals surface area contributed by atoms with Crippen molar-refractivity contribution in [1.29, 1.82) is 0 Å². The number of hydrogen-bond donors (Lipinski definition) is 1. The molecule has 16 heavy (non-hydrogen) atoms. The number of rotatable bonds is 3. The normalized spacial score (nSPS) is 10.6. The Bertz CT molecular complexity index is 476. The van der Waals surface area contributed by atoms with Gasteiger partial charge in [-0.2, -0.15) is 0 Å². The molecular formula is C12H13ClN2S. The first-order valence-electron chi connectivity index (χ1n) is 5.11. The van der Waals surface area contributed by atoms with Crippen molar-refractivity contribution in [1.82, 2.24) is 4.98 Å². The number of benzene rings is 1. The summed E-state index contributed by atoms with van der Waals surface area (Å²) in [6.07, 6.45) is 1.99. The van der Waals surface area contributed by atoms with Crippen LogP contribution < -0.4 is 5.73 Å². The van der Waals surface area contributed by atoms with E-state index < -0.39 is 0 Å². The molecule has 0 fully saturated rings. The fourth-order valence-corrected chi connectivity index (χ4v) is 2.55. The van der Waals surface area contributed by atoms with Gasteiger partial charge in [0, 0.05) is 9.90 Å². The SMILES string of the molecule is Cc1nc(N)sc1CCc1ccc(Cl)cc1. The molecule has 1 aromatic heterocycles. The highest BCUT2D eigenvalue weighted by molar-refractivity contribution is 7.15. The summed E-state index contributed by atoms with van der Waals surface area (Å²) in [5.74, 6) is 0. The summed E-state index contributed by atoms with van der Waals surface area (Å²) >= 11 is 7.41. The van der Waals surface area contributed by atoms with Crippen molar-refractivity contribution < 1.29 is 0 Å². The van der Waals surface area contributed by atoms with E-state index in [-0.39, 0.29) is 0 Å². The van der Waals surface area contributed by atoms with E-state index in [0.717, 1.165) is 23.6 Å². The van der Waals surface area contributed by atoms with Crippen molar-refractivity contribution in [3.8, 4) is 0 Å². The van der Waals surface area contributed by atoms with Gasteiger partial charge in [-0.3, -0.25) is 0 Å². The predicted octanol–water partition coefficient (Wildman–Crippen LogP) is 3.47. The number of nitrogen functional groups attached to an aromatic ring is 1. The van der Waals surface area contributed by atoms with E-state index >= 15 is 0 Å². The highest BCUT2D eigenvalue weighted by Gasteiger charge is 2.05. The van der Waals surface area contributed by atoms with Gasteiger partial charge in [0.2, 0.25) is 0 Å². The van der Waals surface area contributed by atoms with Crippen molar-refractivity contribution >= 4 is 28.1 Å². The lowest BCUT2D eigenvalue weighted by molar-refractivity contribution is 0.962. The standard InChI is InChI=1S/C12H13ClN2S/c1-8-11(16-12(14)15-8)7-4-9-2-5-10(13)6-3-9/h2-3,5-6H,4,7H2,1H3,(H2,14,15). The smallest absolute Gasteiger partial charge is 0.180 e. The molecule has 1 heterocycles. The molecule has 2 aromatic rings. The molecule has 0 aliphatic carbocycles. The molecule has 0 spiro atoms. The highest BCUT2D eigenvalue weighted by Crippen LogP contribution is 2.21. The molecule has 0 aliphatic rings. The third kappa shape index (κ3) is 2.74. The Labute approximate surface area is 104 Å². The Kier molecular flexibility index (Phi) is 3.46. The lowest BCUT2D eigenvalue weighted by Gasteiger charge is -2.00. The van der Waals surface area contributed by atoms with E-state index in [4.69, 9.17) is 17.3 Å². The number of nitrogens with two attached hydrogens (primary N) is 1. The van der Waals surface area contributed by atoms with Crippen LogP contribution in [-0.4, -0.2) is 4.98 Å². The van der Waals surface area contributed by atoms with Gasteiger partial charge in [0.05, 0.1) is 5.69 Å². The number of hydrogen-bond acceptors (Lipinski definition) is 3. The van der Waals surface area contributed by atoms with E-state index in [1.165, 1.54) is 10.4 Å². The van der Waals surface area contributed by atoms with Crippen LogP contribution in [0.5, 0.6) is 0 Å². The maximum Gasteiger partial charge on any atom is 0.180 e. The first kappa shape index (κ1) is 11.4. The number of aromatic nitrogens is 1. The summed E-state index contributed by atoms with van der Waals surface area (Å²) in [6, 6.07) is 7.96. The molecule has 0 atom stereocenters. The van der Waals surface area contributed by atoms with Crippen molar-refractivity contribution in [3.05, 3.63) is 45.4 Å². The van der Waals surface area contributed by atoms with Gasteiger partial charge in [-0.15, -0.1) is 11.3 Å². The van der Waals surface area contributed by atoms with Crippen LogP contribution in [0.25, 0.3) is 0 Å². The van der Waals surface area contributed by atoms with Crippen molar-refractivity contribution in [2.24, 2.45) is 0 Å². The van der Waals surface area contributed by atoms with Crippen LogP contribution in [0.1, 0.15) is 16.1 Å². The minimum Gasteiger partial charge on any atom is -0.375 e. The monoisotopic (exact) mass is 252 g/mol. The van der Waals surface area contributed by atoms with Gasteiger partial charge in [-0.1, -0.05) is 23.7 Å². The summed E-state index contributed by atoms with van der Waals surface area (Å²) in [7, 11) is 0. The number of anilines is 1. The van der Waals surface area contributed by atoms with Crippen molar-refractivity contribution in [2.75, 3.05) is 5.73 Å². The Morgan fingerprint density at radius 1 is 1.25 bits per heavy atom. The largest absolute Gasteiger partial charge is 0.375 e. The number of halogens is 1. The van der Waals surface area contributed by atoms with Crippen LogP contribution in [0.2, 0.25) is 5.02 Å². The molecule has 0 radical (unpaired) electrons. The van der Waals surface area contributed by atoms with Gasteiger partial charge in [0.1, 0.15) is 0 Å². The number of thiazole rings is 1. The Morgan fingerprint density at radius 2 is 1.94 bits per heavy atom. The Morgan fingerprint density at radius 3 is 2.50 bits per heavy atom. The Hall–Kier alpha value is -1.06. The van der Waals surface area contributed by atoms with E-state index in [1.807, 2.05) is 19.1 Å². The maximum absolute atomic E-state index is 5.83. The zero-order valence-corrected chi connectivity index (χ0v) is 10.6. The van der Waals surface area contributed by atoms with Crippen LogP contribution in [-0.2, 0) is 12.8 Å². The first-order chi connectivity index (χ1) is 7.65. The highest BCUT2D eigenvalue weighted by atomic mass is 35.5. The lowest BCUT2D eigenvalue weighted by Crippen LogP contribution is -1.90. The molecule has 1 aromatic carbocycles. The first-order valence-corrected chi connectivity index (χ1v) is 6.31. The summed E-state index contributed by atoms with van der Waals surface area (Å²) in [6.45, 7) is 2.00. The number of nitrogens with zero attached hydrogens (tertiary/aromatic N) is 1. The van der Waals surface area contributed by atoms with E-state index in [2.05, 4.69) is 17.1 Å². The van der Waals surface area contributed by atoms with Gasteiger partial charge in [0.25, 0.3) is 0 Å². The van der Waals surface area contributed by atoms with Crippen molar-refractivity contribution in [2.45, 2.75) is 19.8 Å². The second-order valence-electron chi connectivity index (χ2n) is 3.69. The molecule has 84 valence electrons. The van der Waals surface area contributed by atoms with Gasteiger partial charge in [0.15, 0.2) is 5.13 Å². The second-order valence-corrected chi connectivity index (χ2v) is 5.24. The van der Waals surface area contributed by atoms with Gasteiger partial charge in [-0.05, 0) is 37.5 Å². The fourth-order valence-electron chi connectivity index (χ4n) is 1.59. The van der Waals surface area contributed by atoms with Crippen LogP contribution in [0, 0.1) is 6.92 Å². The molecular weight excluding hydrogens is 240 g/mol. The van der Waals surface area contributed by atoms with E-state index in [9.17, 15) is 0 Å². The van der Waals surface area contributed by atoms with Gasteiger partial charge in [-0.25, -0.2) is 4.98 Å². The molecule has 0 unspecified atom stereocenters. The molecule has 0 amide bonds. The molecule has 0 saturated carbocycles. The second kappa shape index (κ2) is 4.85. The van der Waals surface area contributed by atoms with Crippen LogP contribution in [0.15, 0.2) is 24.3 Å². The zero-order valence-electron chi connectivity index (χ0n) is 9.03. The molecule has 0 bridgehead atoms. The third-order valence-corrected chi connectivity index (χ3v) is 3.76. The van der Waals surface area contributed by atoms with Gasteiger partial charge >= 0.3 is 0 Å². The minimum atomic E-state index is 0.656. The van der Waals surface area contributed by atoms with E-state index in [1.54, 1.807) is 11.3 Å².